The van der Waals surface area contributed by atoms with Crippen molar-refractivity contribution in [3.63, 3.8) is 0 Å². The zero-order chi connectivity index (χ0) is 36.0. The van der Waals surface area contributed by atoms with E-state index in [0.717, 1.165) is 38.6 Å². The summed E-state index contributed by atoms with van der Waals surface area (Å²) in [6, 6.07) is 58.4. The minimum absolute atomic E-state index is 0.176. The van der Waals surface area contributed by atoms with Crippen LogP contribution in [0.25, 0.3) is 56.1 Å². The highest BCUT2D eigenvalue weighted by atomic mass is 32.2. The summed E-state index contributed by atoms with van der Waals surface area (Å²) in [7, 11) is 0. The first-order valence-electron chi connectivity index (χ1n) is 18.4. The molecule has 256 valence electrons. The molecule has 2 aliphatic rings. The molecule has 0 saturated heterocycles. The van der Waals surface area contributed by atoms with Gasteiger partial charge in [0.2, 0.25) is 0 Å². The Hall–Kier alpha value is -6.30. The maximum Gasteiger partial charge on any atom is 0.164 e. The average Bonchev–Trinajstić information content (AvgIpc) is 3.60. The molecule has 0 bridgehead atoms. The highest BCUT2D eigenvalue weighted by Crippen LogP contribution is 2.61. The van der Waals surface area contributed by atoms with Gasteiger partial charge in [-0.3, -0.25) is 0 Å². The van der Waals surface area contributed by atoms with Crippen molar-refractivity contribution in [2.75, 3.05) is 0 Å². The molecule has 11 rings (SSSR count). The van der Waals surface area contributed by atoms with Crippen LogP contribution in [0.4, 0.5) is 0 Å². The molecule has 1 aliphatic heterocycles. The summed E-state index contributed by atoms with van der Waals surface area (Å²) in [6.07, 6.45) is 0. The van der Waals surface area contributed by atoms with Gasteiger partial charge >= 0.3 is 0 Å². The van der Waals surface area contributed by atoms with Crippen molar-refractivity contribution in [2.45, 2.75) is 34.5 Å². The van der Waals surface area contributed by atoms with Gasteiger partial charge in [-0.1, -0.05) is 153 Å². The predicted octanol–water partition coefficient (Wildman–Crippen LogP) is 12.3. The molecule has 4 nitrogen and oxygen atoms in total. The van der Waals surface area contributed by atoms with Gasteiger partial charge in [-0.05, 0) is 69.8 Å². The molecule has 2 aromatic heterocycles. The fraction of sp³-hybridized carbons (Fsp3) is 0.0816. The largest absolute Gasteiger partial charge is 0.456 e. The third-order valence-electron chi connectivity index (χ3n) is 11.5. The molecule has 0 fully saturated rings. The second-order valence-electron chi connectivity index (χ2n) is 14.8. The number of aromatic nitrogens is 3. The summed E-state index contributed by atoms with van der Waals surface area (Å²) in [5, 5.41) is 2.16. The number of fused-ring (bicyclic) bond motifs is 11. The van der Waals surface area contributed by atoms with Crippen LogP contribution in [0.15, 0.2) is 178 Å². The highest BCUT2D eigenvalue weighted by Gasteiger charge is 2.52. The van der Waals surface area contributed by atoms with Crippen LogP contribution in [-0.2, 0) is 10.8 Å². The van der Waals surface area contributed by atoms with Gasteiger partial charge < -0.3 is 4.42 Å². The molecular formula is C49H33N3OS. The molecule has 0 unspecified atom stereocenters. The normalized spacial score (nSPS) is 14.7. The van der Waals surface area contributed by atoms with Crippen molar-refractivity contribution in [2.24, 2.45) is 0 Å². The molecule has 54 heavy (non-hydrogen) atoms. The summed E-state index contributed by atoms with van der Waals surface area (Å²) in [4.78, 5) is 18.0. The minimum atomic E-state index is -0.541. The number of rotatable bonds is 3. The van der Waals surface area contributed by atoms with E-state index in [9.17, 15) is 0 Å². The maximum absolute atomic E-state index is 6.30. The predicted molar refractivity (Wildman–Crippen MR) is 218 cm³/mol. The van der Waals surface area contributed by atoms with E-state index in [1.165, 1.54) is 43.2 Å². The molecule has 0 N–H and O–H groups in total. The second-order valence-corrected chi connectivity index (χ2v) is 15.8. The second kappa shape index (κ2) is 11.6. The lowest BCUT2D eigenvalue weighted by Gasteiger charge is -2.50. The van der Waals surface area contributed by atoms with Crippen molar-refractivity contribution in [1.82, 2.24) is 15.0 Å². The maximum atomic E-state index is 6.30. The van der Waals surface area contributed by atoms with Crippen LogP contribution >= 0.6 is 11.8 Å². The number of hydrogen-bond acceptors (Lipinski definition) is 5. The number of furan rings is 1. The van der Waals surface area contributed by atoms with E-state index in [-0.39, 0.29) is 5.41 Å². The first-order valence-corrected chi connectivity index (χ1v) is 19.2. The Morgan fingerprint density at radius 2 is 0.926 bits per heavy atom. The lowest BCUT2D eigenvalue weighted by Crippen LogP contribution is -2.43. The molecule has 1 aliphatic carbocycles. The number of nitrogens with zero attached hydrogens (tertiary/aromatic N) is 3. The molecule has 1 spiro atoms. The molecule has 0 amide bonds. The summed E-state index contributed by atoms with van der Waals surface area (Å²) >= 11 is 1.84. The summed E-state index contributed by atoms with van der Waals surface area (Å²) in [5.74, 6) is 1.86. The Kier molecular flexibility index (Phi) is 6.71. The van der Waals surface area contributed by atoms with Gasteiger partial charge in [-0.25, -0.2) is 15.0 Å². The van der Waals surface area contributed by atoms with E-state index >= 15 is 0 Å². The Bertz CT molecular complexity index is 2910. The van der Waals surface area contributed by atoms with Crippen molar-refractivity contribution in [1.29, 1.82) is 0 Å². The van der Waals surface area contributed by atoms with Gasteiger partial charge in [0, 0.05) is 42.7 Å². The van der Waals surface area contributed by atoms with Crippen molar-refractivity contribution >= 4 is 33.7 Å². The van der Waals surface area contributed by atoms with E-state index in [4.69, 9.17) is 19.4 Å². The first kappa shape index (κ1) is 31.2. The third kappa shape index (κ3) is 4.42. The van der Waals surface area contributed by atoms with Crippen LogP contribution in [0.2, 0.25) is 0 Å². The Morgan fingerprint density at radius 1 is 0.407 bits per heavy atom. The van der Waals surface area contributed by atoms with Gasteiger partial charge in [0.25, 0.3) is 0 Å². The Morgan fingerprint density at radius 3 is 1.65 bits per heavy atom. The highest BCUT2D eigenvalue weighted by molar-refractivity contribution is 7.99. The van der Waals surface area contributed by atoms with Gasteiger partial charge in [0.1, 0.15) is 11.2 Å². The molecule has 0 radical (unpaired) electrons. The van der Waals surface area contributed by atoms with Crippen molar-refractivity contribution < 1.29 is 4.42 Å². The summed E-state index contributed by atoms with van der Waals surface area (Å²) < 4.78 is 6.30. The van der Waals surface area contributed by atoms with Crippen LogP contribution < -0.4 is 0 Å². The SMILES string of the molecule is CC1(C)c2ccccc2C2(c3ccccc3Sc3ccc(-c4nc(-c5ccccc5)nc(-c5ccc6c(c5)oc5ccccc56)n4)cc32)c2ccccc21. The fourth-order valence-corrected chi connectivity index (χ4v) is 10.1. The zero-order valence-corrected chi connectivity index (χ0v) is 30.6. The minimum Gasteiger partial charge on any atom is -0.456 e. The Balaban J connectivity index is 1.17. The lowest BCUT2D eigenvalue weighted by molar-refractivity contribution is 0.549. The van der Waals surface area contributed by atoms with E-state index < -0.39 is 5.41 Å². The van der Waals surface area contributed by atoms with Crippen LogP contribution in [0.1, 0.15) is 47.2 Å². The smallest absolute Gasteiger partial charge is 0.164 e. The summed E-state index contributed by atoms with van der Waals surface area (Å²) in [5.41, 5.74) is 11.6. The zero-order valence-electron chi connectivity index (χ0n) is 29.7. The van der Waals surface area contributed by atoms with Crippen LogP contribution in [0.5, 0.6) is 0 Å². The molecule has 0 atom stereocenters. The van der Waals surface area contributed by atoms with Crippen LogP contribution in [0.3, 0.4) is 0 Å². The monoisotopic (exact) mass is 711 g/mol. The first-order chi connectivity index (χ1) is 26.5. The van der Waals surface area contributed by atoms with Crippen molar-refractivity contribution in [3.05, 3.63) is 197 Å². The van der Waals surface area contributed by atoms with Gasteiger partial charge in [0.05, 0.1) is 5.41 Å². The molecule has 5 heteroatoms. The number of hydrogen-bond donors (Lipinski definition) is 0. The van der Waals surface area contributed by atoms with E-state index in [0.29, 0.717) is 17.5 Å². The topological polar surface area (TPSA) is 51.8 Å². The standard InChI is InChI=1S/C49H33N3OS/c1-48(2)35-17-7-9-19-37(35)49(38-20-10-8-18-36(38)48)39-21-11-13-23-43(39)54-44-27-25-31(28-40(44)49)46-50-45(30-14-4-3-5-15-30)51-47(52-46)32-24-26-34-33-16-6-12-22-41(33)53-42(34)29-32/h3-29H,1-2H3. The molecule has 3 heterocycles. The van der Waals surface area contributed by atoms with E-state index in [1.807, 2.05) is 48.2 Å². The van der Waals surface area contributed by atoms with Gasteiger partial charge in [-0.15, -0.1) is 0 Å². The third-order valence-corrected chi connectivity index (χ3v) is 12.6. The quantitative estimate of drug-likeness (QED) is 0.183. The van der Waals surface area contributed by atoms with E-state index in [1.54, 1.807) is 0 Å². The van der Waals surface area contributed by atoms with Crippen LogP contribution in [0, 0.1) is 0 Å². The molecule has 0 saturated carbocycles. The lowest BCUT2D eigenvalue weighted by atomic mass is 9.54. The van der Waals surface area contributed by atoms with Crippen LogP contribution in [-0.4, -0.2) is 15.0 Å². The molecule has 7 aromatic carbocycles. The average molecular weight is 712 g/mol. The summed E-state index contributed by atoms with van der Waals surface area (Å²) in [6.45, 7) is 4.72. The van der Waals surface area contributed by atoms with E-state index in [2.05, 4.69) is 141 Å². The van der Waals surface area contributed by atoms with Gasteiger partial charge in [0.15, 0.2) is 17.5 Å². The van der Waals surface area contributed by atoms with Gasteiger partial charge in [-0.2, -0.15) is 0 Å². The molecule has 9 aromatic rings. The van der Waals surface area contributed by atoms with Crippen molar-refractivity contribution in [3.8, 4) is 34.2 Å². The Labute approximate surface area is 317 Å². The number of para-hydroxylation sites is 1. The molecular weight excluding hydrogens is 679 g/mol. The fourth-order valence-electron chi connectivity index (χ4n) is 8.98. The number of benzene rings is 7.